The number of aliphatic imine (C=N–C) groups is 1. The van der Waals surface area contributed by atoms with Crippen molar-refractivity contribution >= 4 is 11.7 Å². The maximum atomic E-state index is 10.5. The fourth-order valence-electron chi connectivity index (χ4n) is 0.332. The van der Waals surface area contributed by atoms with Crippen LogP contribution in [0.1, 0.15) is 48.5 Å². The summed E-state index contributed by atoms with van der Waals surface area (Å²) in [6, 6.07) is -0.581. The molecular formula is C11H30N4O. The lowest BCUT2D eigenvalue weighted by Gasteiger charge is -2.01. The highest BCUT2D eigenvalue weighted by Crippen LogP contribution is 1.80. The van der Waals surface area contributed by atoms with Crippen LogP contribution in [0.2, 0.25) is 0 Å². The number of nitrogens with zero attached hydrogens (tertiary/aromatic N) is 1. The van der Waals surface area contributed by atoms with E-state index in [1.165, 1.54) is 6.92 Å². The summed E-state index contributed by atoms with van der Waals surface area (Å²) >= 11 is 0. The van der Waals surface area contributed by atoms with E-state index in [1.807, 2.05) is 41.5 Å². The van der Waals surface area contributed by atoms with Gasteiger partial charge in [-0.2, -0.15) is 0 Å². The molecule has 6 N–H and O–H groups in total. The number of rotatable bonds is 3. The number of hydrogen-bond donors (Lipinski definition) is 3. The predicted molar refractivity (Wildman–Crippen MR) is 73.4 cm³/mol. The maximum absolute atomic E-state index is 10.5. The second-order valence-electron chi connectivity index (χ2n) is 1.98. The first kappa shape index (κ1) is 24.2. The van der Waals surface area contributed by atoms with Crippen LogP contribution in [0.25, 0.3) is 0 Å². The Bertz CT molecular complexity index is 154. The van der Waals surface area contributed by atoms with Gasteiger partial charge in [0.05, 0.1) is 12.6 Å². The summed E-state index contributed by atoms with van der Waals surface area (Å²) in [4.78, 5) is 14.1. The van der Waals surface area contributed by atoms with E-state index < -0.39 is 6.04 Å². The molecule has 5 heteroatoms. The van der Waals surface area contributed by atoms with Crippen molar-refractivity contribution in [1.82, 2.24) is 0 Å². The van der Waals surface area contributed by atoms with Crippen molar-refractivity contribution in [3.05, 3.63) is 0 Å². The molecule has 0 saturated heterocycles. The topological polar surface area (TPSA) is 107 Å². The fraction of sp³-hybridized carbons (Fsp3) is 0.818. The van der Waals surface area contributed by atoms with Crippen molar-refractivity contribution in [1.29, 1.82) is 0 Å². The molecule has 0 radical (unpaired) electrons. The third-order valence-corrected chi connectivity index (χ3v) is 0.993. The SMILES string of the molecule is CC.CC.CC.CC(=O)[C@H](N)CN=C(N)N. The van der Waals surface area contributed by atoms with Gasteiger partial charge in [-0.25, -0.2) is 0 Å². The number of nitrogens with two attached hydrogens (primary N) is 3. The molecule has 0 fully saturated rings. The number of carbonyl (C=O) groups excluding carboxylic acids is 1. The molecule has 0 aliphatic rings. The minimum Gasteiger partial charge on any atom is -0.370 e. The third-order valence-electron chi connectivity index (χ3n) is 0.993. The molecule has 0 aliphatic carbocycles. The second kappa shape index (κ2) is 23.6. The zero-order valence-corrected chi connectivity index (χ0v) is 11.9. The molecule has 1 atom stereocenters. The van der Waals surface area contributed by atoms with Gasteiger partial charge in [0.25, 0.3) is 0 Å². The Kier molecular flexibility index (Phi) is 35.7. The average Bonchev–Trinajstić information content (AvgIpc) is 2.33. The van der Waals surface area contributed by atoms with Gasteiger partial charge in [0.1, 0.15) is 5.78 Å². The molecular weight excluding hydrogens is 204 g/mol. The molecule has 0 amide bonds. The van der Waals surface area contributed by atoms with Crippen molar-refractivity contribution in [2.24, 2.45) is 22.2 Å². The Labute approximate surface area is 100 Å². The highest BCUT2D eigenvalue weighted by Gasteiger charge is 2.05. The largest absolute Gasteiger partial charge is 0.370 e. The van der Waals surface area contributed by atoms with E-state index in [2.05, 4.69) is 4.99 Å². The molecule has 0 saturated carbocycles. The highest BCUT2D eigenvalue weighted by molar-refractivity contribution is 5.82. The average molecular weight is 234 g/mol. The van der Waals surface area contributed by atoms with E-state index in [4.69, 9.17) is 17.2 Å². The first-order valence-corrected chi connectivity index (χ1v) is 5.85. The minimum atomic E-state index is -0.581. The van der Waals surface area contributed by atoms with Gasteiger partial charge < -0.3 is 17.2 Å². The standard InChI is InChI=1S/C5H12N4O.3C2H6/c1-3(10)4(6)2-9-5(7)8;3*1-2/h4H,2,6H2,1H3,(H4,7,8,9);3*1-2H3/t4-;;;/m1.../s1. The van der Waals surface area contributed by atoms with E-state index in [0.29, 0.717) is 0 Å². The summed E-state index contributed by atoms with van der Waals surface area (Å²) in [7, 11) is 0. The highest BCUT2D eigenvalue weighted by atomic mass is 16.1. The number of Topliss-reactive ketones (excluding diaryl/α,β-unsaturated/α-hetero) is 1. The summed E-state index contributed by atoms with van der Waals surface area (Å²) in [5.74, 6) is -0.165. The van der Waals surface area contributed by atoms with Crippen LogP contribution in [-0.4, -0.2) is 24.3 Å². The zero-order valence-electron chi connectivity index (χ0n) is 11.9. The number of ketones is 1. The van der Waals surface area contributed by atoms with Crippen LogP contribution in [0.3, 0.4) is 0 Å². The molecule has 0 aromatic heterocycles. The molecule has 0 rings (SSSR count). The Morgan fingerprint density at radius 2 is 1.38 bits per heavy atom. The molecule has 0 bridgehead atoms. The van der Waals surface area contributed by atoms with Crippen LogP contribution in [0.4, 0.5) is 0 Å². The zero-order chi connectivity index (χ0) is 14.1. The van der Waals surface area contributed by atoms with Crippen LogP contribution in [0.15, 0.2) is 4.99 Å². The van der Waals surface area contributed by atoms with Gasteiger partial charge in [-0.15, -0.1) is 0 Å². The minimum absolute atomic E-state index is 0.0447. The van der Waals surface area contributed by atoms with Gasteiger partial charge in [-0.3, -0.25) is 9.79 Å². The fourth-order valence-corrected chi connectivity index (χ4v) is 0.332. The molecule has 100 valence electrons. The molecule has 0 aliphatic heterocycles. The molecule has 16 heavy (non-hydrogen) atoms. The normalized spacial score (nSPS) is 8.75. The molecule has 0 spiro atoms. The van der Waals surface area contributed by atoms with Crippen LogP contribution < -0.4 is 17.2 Å². The van der Waals surface area contributed by atoms with Crippen molar-refractivity contribution < 1.29 is 4.79 Å². The first-order chi connectivity index (χ1) is 7.54. The summed E-state index contributed by atoms with van der Waals surface area (Å²) in [6.07, 6.45) is 0. The van der Waals surface area contributed by atoms with Crippen molar-refractivity contribution in [2.75, 3.05) is 6.54 Å². The van der Waals surface area contributed by atoms with Crippen molar-refractivity contribution in [3.8, 4) is 0 Å². The number of guanidine groups is 1. The number of hydrogen-bond acceptors (Lipinski definition) is 3. The Hall–Kier alpha value is -1.10. The van der Waals surface area contributed by atoms with Gasteiger partial charge in [0, 0.05) is 0 Å². The summed E-state index contributed by atoms with van der Waals surface area (Å²) < 4.78 is 0. The van der Waals surface area contributed by atoms with Gasteiger partial charge >= 0.3 is 0 Å². The van der Waals surface area contributed by atoms with Crippen molar-refractivity contribution in [3.63, 3.8) is 0 Å². The summed E-state index contributed by atoms with van der Waals surface area (Å²) in [5, 5.41) is 0. The van der Waals surface area contributed by atoms with Gasteiger partial charge in [0.15, 0.2) is 5.96 Å². The lowest BCUT2D eigenvalue weighted by Crippen LogP contribution is -2.33. The van der Waals surface area contributed by atoms with Crippen LogP contribution >= 0.6 is 0 Å². The van der Waals surface area contributed by atoms with Crippen molar-refractivity contribution in [2.45, 2.75) is 54.5 Å². The monoisotopic (exact) mass is 234 g/mol. The Morgan fingerprint density at radius 3 is 1.56 bits per heavy atom. The molecule has 5 nitrogen and oxygen atoms in total. The van der Waals surface area contributed by atoms with Crippen LogP contribution in [-0.2, 0) is 4.79 Å². The van der Waals surface area contributed by atoms with E-state index in [0.717, 1.165) is 0 Å². The van der Waals surface area contributed by atoms with Crippen LogP contribution in [0.5, 0.6) is 0 Å². The third kappa shape index (κ3) is 29.3. The number of carbonyl (C=O) groups is 1. The maximum Gasteiger partial charge on any atom is 0.185 e. The molecule has 0 unspecified atom stereocenters. The van der Waals surface area contributed by atoms with E-state index >= 15 is 0 Å². The Morgan fingerprint density at radius 1 is 1.06 bits per heavy atom. The second-order valence-corrected chi connectivity index (χ2v) is 1.98. The first-order valence-electron chi connectivity index (χ1n) is 5.85. The molecule has 0 aromatic carbocycles. The summed E-state index contributed by atoms with van der Waals surface area (Å²) in [5.41, 5.74) is 15.3. The van der Waals surface area contributed by atoms with Gasteiger partial charge in [0.2, 0.25) is 0 Å². The molecule has 0 heterocycles. The van der Waals surface area contributed by atoms with Gasteiger partial charge in [-0.05, 0) is 6.92 Å². The summed E-state index contributed by atoms with van der Waals surface area (Å²) in [6.45, 7) is 13.6. The van der Waals surface area contributed by atoms with E-state index in [-0.39, 0.29) is 18.3 Å². The molecule has 0 aromatic rings. The quantitative estimate of drug-likeness (QED) is 0.504. The van der Waals surface area contributed by atoms with E-state index in [9.17, 15) is 4.79 Å². The van der Waals surface area contributed by atoms with Crippen LogP contribution in [0, 0.1) is 0 Å². The van der Waals surface area contributed by atoms with E-state index in [1.54, 1.807) is 0 Å². The predicted octanol–water partition coefficient (Wildman–Crippen LogP) is 1.25. The lowest BCUT2D eigenvalue weighted by atomic mass is 10.2. The Balaban J connectivity index is -0.000000103. The smallest absolute Gasteiger partial charge is 0.185 e. The van der Waals surface area contributed by atoms with Gasteiger partial charge in [-0.1, -0.05) is 41.5 Å². The lowest BCUT2D eigenvalue weighted by molar-refractivity contribution is -0.117.